The summed E-state index contributed by atoms with van der Waals surface area (Å²) in [6.45, 7) is 7.31. The van der Waals surface area contributed by atoms with Crippen LogP contribution in [0.1, 0.15) is 21.5 Å². The monoisotopic (exact) mass is 337 g/mol. The first-order valence-electron chi connectivity index (χ1n) is 7.90. The fraction of sp³-hybridized carbons (Fsp3) is 0.190. The van der Waals surface area contributed by atoms with E-state index in [-0.39, 0.29) is 5.78 Å². The minimum Gasteiger partial charge on any atom is -0.358 e. The molecule has 0 amide bonds. The second kappa shape index (κ2) is 9.14. The van der Waals surface area contributed by atoms with Crippen LogP contribution < -0.4 is 0 Å². The van der Waals surface area contributed by atoms with Gasteiger partial charge in [0.15, 0.2) is 5.78 Å². The van der Waals surface area contributed by atoms with Gasteiger partial charge in [-0.2, -0.15) is 0 Å². The van der Waals surface area contributed by atoms with E-state index in [0.29, 0.717) is 12.1 Å². The van der Waals surface area contributed by atoms with Crippen LogP contribution in [-0.2, 0) is 6.54 Å². The van der Waals surface area contributed by atoms with Crippen molar-refractivity contribution in [2.24, 2.45) is 0 Å². The van der Waals surface area contributed by atoms with Crippen LogP contribution in [-0.4, -0.2) is 23.5 Å². The number of hydrogen-bond donors (Lipinski definition) is 0. The number of carbonyl (C=O) groups is 1. The molecular formula is C21H23NOS. The van der Waals surface area contributed by atoms with Gasteiger partial charge in [0.05, 0.1) is 5.03 Å². The van der Waals surface area contributed by atoms with Gasteiger partial charge in [-0.25, -0.2) is 0 Å². The summed E-state index contributed by atoms with van der Waals surface area (Å²) < 4.78 is 0. The molecule has 0 bridgehead atoms. The molecule has 2 nitrogen and oxygen atoms in total. The fourth-order valence-corrected chi connectivity index (χ4v) is 3.01. The number of allylic oxidation sites excluding steroid dienone is 1. The molecule has 0 radical (unpaired) electrons. The minimum absolute atomic E-state index is 0.0291. The molecule has 0 fully saturated rings. The Balaban J connectivity index is 2.22. The van der Waals surface area contributed by atoms with Gasteiger partial charge in [0, 0.05) is 24.7 Å². The molecule has 24 heavy (non-hydrogen) atoms. The zero-order valence-corrected chi connectivity index (χ0v) is 15.1. The summed E-state index contributed by atoms with van der Waals surface area (Å²) in [4.78, 5) is 14.7. The van der Waals surface area contributed by atoms with Crippen molar-refractivity contribution >= 4 is 17.5 Å². The number of aryl methyl sites for hydroxylation is 1. The van der Waals surface area contributed by atoms with Crippen molar-refractivity contribution in [2.75, 3.05) is 12.8 Å². The van der Waals surface area contributed by atoms with E-state index < -0.39 is 0 Å². The molecule has 0 aliphatic rings. The summed E-state index contributed by atoms with van der Waals surface area (Å²) in [5, 5.41) is 0.948. The first-order valence-corrected chi connectivity index (χ1v) is 9.13. The van der Waals surface area contributed by atoms with Gasteiger partial charge < -0.3 is 4.90 Å². The lowest BCUT2D eigenvalue weighted by atomic mass is 10.1. The lowest BCUT2D eigenvalue weighted by molar-refractivity contribution is 0.104. The molecule has 0 unspecified atom stereocenters. The molecule has 0 saturated heterocycles. The second-order valence-corrected chi connectivity index (χ2v) is 6.40. The zero-order valence-electron chi connectivity index (χ0n) is 14.2. The average Bonchev–Trinajstić information content (AvgIpc) is 2.60. The molecule has 2 rings (SSSR count). The largest absolute Gasteiger partial charge is 0.358 e. The summed E-state index contributed by atoms with van der Waals surface area (Å²) in [7, 11) is 0. The van der Waals surface area contributed by atoms with Crippen molar-refractivity contribution in [3.63, 3.8) is 0 Å². The molecule has 2 aromatic rings. The summed E-state index contributed by atoms with van der Waals surface area (Å²) in [6, 6.07) is 17.9. The van der Waals surface area contributed by atoms with Crippen LogP contribution >= 0.6 is 11.8 Å². The summed E-state index contributed by atoms with van der Waals surface area (Å²) in [6.07, 6.45) is 5.58. The lowest BCUT2D eigenvalue weighted by Gasteiger charge is -2.25. The summed E-state index contributed by atoms with van der Waals surface area (Å²) in [5.74, 6) is 0.0291. The summed E-state index contributed by atoms with van der Waals surface area (Å²) >= 11 is 1.58. The highest BCUT2D eigenvalue weighted by molar-refractivity contribution is 8.02. The Morgan fingerprint density at radius 1 is 1.12 bits per heavy atom. The van der Waals surface area contributed by atoms with Crippen LogP contribution in [0.5, 0.6) is 0 Å². The van der Waals surface area contributed by atoms with Crippen molar-refractivity contribution in [1.29, 1.82) is 0 Å². The number of thioether (sulfide) groups is 1. The Morgan fingerprint density at radius 2 is 1.79 bits per heavy atom. The van der Waals surface area contributed by atoms with E-state index in [2.05, 4.69) is 23.6 Å². The van der Waals surface area contributed by atoms with Crippen molar-refractivity contribution in [3.05, 3.63) is 95.0 Å². The second-order valence-electron chi connectivity index (χ2n) is 5.57. The number of rotatable bonds is 8. The molecule has 0 aromatic heterocycles. The smallest absolute Gasteiger partial charge is 0.188 e. The molecule has 0 N–H and O–H groups in total. The first kappa shape index (κ1) is 18.1. The topological polar surface area (TPSA) is 20.3 Å². The number of nitrogens with zero attached hydrogens (tertiary/aromatic N) is 1. The number of hydrogen-bond acceptors (Lipinski definition) is 3. The van der Waals surface area contributed by atoms with Crippen LogP contribution in [0.25, 0.3) is 0 Å². The fourth-order valence-electron chi connectivity index (χ4n) is 2.38. The lowest BCUT2D eigenvalue weighted by Crippen LogP contribution is -2.22. The maximum Gasteiger partial charge on any atom is 0.188 e. The van der Waals surface area contributed by atoms with Gasteiger partial charge in [-0.05, 0) is 18.7 Å². The molecule has 124 valence electrons. The van der Waals surface area contributed by atoms with E-state index in [9.17, 15) is 4.79 Å². The van der Waals surface area contributed by atoms with E-state index in [1.165, 1.54) is 5.56 Å². The molecular weight excluding hydrogens is 314 g/mol. The minimum atomic E-state index is 0.0291. The Bertz CT molecular complexity index is 704. The van der Waals surface area contributed by atoms with Gasteiger partial charge in [-0.1, -0.05) is 66.2 Å². The van der Waals surface area contributed by atoms with Crippen molar-refractivity contribution in [2.45, 2.75) is 13.5 Å². The number of benzene rings is 2. The molecule has 0 spiro atoms. The first-order chi connectivity index (χ1) is 11.6. The molecule has 2 aromatic carbocycles. The third-order valence-corrected chi connectivity index (χ3v) is 4.47. The zero-order chi connectivity index (χ0) is 17.4. The van der Waals surface area contributed by atoms with E-state index in [0.717, 1.165) is 17.1 Å². The van der Waals surface area contributed by atoms with Gasteiger partial charge in [-0.3, -0.25) is 4.79 Å². The van der Waals surface area contributed by atoms with Gasteiger partial charge in [0.25, 0.3) is 0 Å². The predicted molar refractivity (Wildman–Crippen MR) is 104 cm³/mol. The molecule has 0 atom stereocenters. The highest BCUT2D eigenvalue weighted by Gasteiger charge is 2.11. The Morgan fingerprint density at radius 3 is 2.38 bits per heavy atom. The Kier molecular flexibility index (Phi) is 6.89. The van der Waals surface area contributed by atoms with Gasteiger partial charge in [-0.15, -0.1) is 18.3 Å². The van der Waals surface area contributed by atoms with Crippen LogP contribution in [0.2, 0.25) is 0 Å². The van der Waals surface area contributed by atoms with Gasteiger partial charge in [0.2, 0.25) is 0 Å². The SMILES string of the molecule is C=CCN(Cc1ccccc1)/C(=C/C(=O)c1ccc(C)cc1)SC. The third-order valence-electron chi connectivity index (χ3n) is 3.68. The molecule has 0 heterocycles. The maximum absolute atomic E-state index is 12.5. The van der Waals surface area contributed by atoms with E-state index in [1.54, 1.807) is 17.8 Å². The quantitative estimate of drug-likeness (QED) is 0.381. The maximum atomic E-state index is 12.5. The number of carbonyl (C=O) groups excluding carboxylic acids is 1. The standard InChI is InChI=1S/C21H23NOS/c1-4-14-22(16-18-8-6-5-7-9-18)21(24-3)15-20(23)19-12-10-17(2)11-13-19/h4-13,15H,1,14,16H2,2-3H3/b21-15-. The van der Waals surface area contributed by atoms with E-state index >= 15 is 0 Å². The molecule has 3 heteroatoms. The Labute approximate surface area is 148 Å². The third kappa shape index (κ3) is 5.14. The van der Waals surface area contributed by atoms with E-state index in [1.807, 2.05) is 61.7 Å². The van der Waals surface area contributed by atoms with Gasteiger partial charge in [0.1, 0.15) is 0 Å². The van der Waals surface area contributed by atoms with Gasteiger partial charge >= 0.3 is 0 Å². The highest BCUT2D eigenvalue weighted by atomic mass is 32.2. The highest BCUT2D eigenvalue weighted by Crippen LogP contribution is 2.21. The van der Waals surface area contributed by atoms with Crippen molar-refractivity contribution in [3.8, 4) is 0 Å². The predicted octanol–water partition coefficient (Wildman–Crippen LogP) is 5.07. The average molecular weight is 337 g/mol. The number of ketones is 1. The molecule has 0 aliphatic heterocycles. The summed E-state index contributed by atoms with van der Waals surface area (Å²) in [5.41, 5.74) is 3.07. The normalized spacial score (nSPS) is 11.2. The van der Waals surface area contributed by atoms with Crippen LogP contribution in [0.15, 0.2) is 78.4 Å². The van der Waals surface area contributed by atoms with E-state index in [4.69, 9.17) is 0 Å². The molecule has 0 aliphatic carbocycles. The molecule has 0 saturated carbocycles. The van der Waals surface area contributed by atoms with Crippen LogP contribution in [0.3, 0.4) is 0 Å². The van der Waals surface area contributed by atoms with Crippen molar-refractivity contribution in [1.82, 2.24) is 4.90 Å². The van der Waals surface area contributed by atoms with Crippen molar-refractivity contribution < 1.29 is 4.79 Å². The van der Waals surface area contributed by atoms with Crippen LogP contribution in [0.4, 0.5) is 0 Å². The Hall–Kier alpha value is -2.26. The van der Waals surface area contributed by atoms with Crippen LogP contribution in [0, 0.1) is 6.92 Å².